The summed E-state index contributed by atoms with van der Waals surface area (Å²) < 4.78 is 21.6. The molecule has 7 nitrogen and oxygen atoms in total. The van der Waals surface area contributed by atoms with Gasteiger partial charge in [0.05, 0.1) is 34.1 Å². The van der Waals surface area contributed by atoms with E-state index in [1.54, 1.807) is 34.5 Å². The van der Waals surface area contributed by atoms with Crippen molar-refractivity contribution < 1.29 is 23.7 Å². The summed E-state index contributed by atoms with van der Waals surface area (Å²) in [7, 11) is 6.28. The van der Waals surface area contributed by atoms with Gasteiger partial charge in [0.1, 0.15) is 5.75 Å². The van der Waals surface area contributed by atoms with Gasteiger partial charge in [-0.25, -0.2) is 4.79 Å². The topological polar surface area (TPSA) is 78.1 Å². The van der Waals surface area contributed by atoms with E-state index in [2.05, 4.69) is 10.6 Å². The fraction of sp³-hybridized carbons (Fsp3) is 0.192. The summed E-state index contributed by atoms with van der Waals surface area (Å²) in [5.41, 5.74) is 4.11. The Bertz CT molecular complexity index is 1110. The first-order valence-electron chi connectivity index (χ1n) is 10.3. The molecule has 2 N–H and O–H groups in total. The van der Waals surface area contributed by atoms with Crippen molar-refractivity contribution in [3.05, 3.63) is 71.3 Å². The number of aryl methyl sites for hydroxylation is 1. The SMILES string of the molecule is COc1ccc(/C=C\c2cc(OC)c(OC)c(OC)c2)cc1NC(=O)Nc1ccc(C)cc1. The van der Waals surface area contributed by atoms with E-state index in [1.807, 2.05) is 67.6 Å². The normalized spacial score (nSPS) is 10.6. The van der Waals surface area contributed by atoms with Gasteiger partial charge >= 0.3 is 6.03 Å². The minimum atomic E-state index is -0.358. The lowest BCUT2D eigenvalue weighted by molar-refractivity contribution is 0.262. The summed E-state index contributed by atoms with van der Waals surface area (Å²) in [6.07, 6.45) is 3.84. The predicted molar refractivity (Wildman–Crippen MR) is 132 cm³/mol. The van der Waals surface area contributed by atoms with Gasteiger partial charge in [0.25, 0.3) is 0 Å². The molecular formula is C26H28N2O5. The highest BCUT2D eigenvalue weighted by Gasteiger charge is 2.12. The fourth-order valence-electron chi connectivity index (χ4n) is 3.24. The smallest absolute Gasteiger partial charge is 0.323 e. The maximum absolute atomic E-state index is 12.5. The van der Waals surface area contributed by atoms with Gasteiger partial charge in [-0.3, -0.25) is 0 Å². The van der Waals surface area contributed by atoms with E-state index in [-0.39, 0.29) is 6.03 Å². The molecule has 7 heteroatoms. The molecule has 2 amide bonds. The number of amides is 2. The Kier molecular flexibility index (Phi) is 7.81. The number of ether oxygens (including phenoxy) is 4. The molecule has 3 rings (SSSR count). The lowest BCUT2D eigenvalue weighted by atomic mass is 10.1. The number of benzene rings is 3. The summed E-state index contributed by atoms with van der Waals surface area (Å²) in [6.45, 7) is 1.99. The number of rotatable bonds is 8. The lowest BCUT2D eigenvalue weighted by Crippen LogP contribution is -2.19. The van der Waals surface area contributed by atoms with Gasteiger partial charge in [-0.2, -0.15) is 0 Å². The van der Waals surface area contributed by atoms with Crippen molar-refractivity contribution in [1.82, 2.24) is 0 Å². The first-order chi connectivity index (χ1) is 16.0. The van der Waals surface area contributed by atoms with Gasteiger partial charge in [-0.1, -0.05) is 35.9 Å². The van der Waals surface area contributed by atoms with Crippen LogP contribution < -0.4 is 29.6 Å². The zero-order valence-electron chi connectivity index (χ0n) is 19.4. The molecule has 0 fully saturated rings. The van der Waals surface area contributed by atoms with Crippen LogP contribution in [0, 0.1) is 6.92 Å². The van der Waals surface area contributed by atoms with E-state index in [4.69, 9.17) is 18.9 Å². The van der Waals surface area contributed by atoms with Gasteiger partial charge in [-0.15, -0.1) is 0 Å². The zero-order valence-corrected chi connectivity index (χ0v) is 19.4. The Morgan fingerprint density at radius 2 is 1.30 bits per heavy atom. The highest BCUT2D eigenvalue weighted by atomic mass is 16.5. The molecule has 33 heavy (non-hydrogen) atoms. The molecule has 0 spiro atoms. The van der Waals surface area contributed by atoms with Gasteiger partial charge < -0.3 is 29.6 Å². The van der Waals surface area contributed by atoms with Gasteiger partial charge in [0, 0.05) is 5.69 Å². The Morgan fingerprint density at radius 1 is 0.697 bits per heavy atom. The van der Waals surface area contributed by atoms with E-state index in [9.17, 15) is 4.79 Å². The van der Waals surface area contributed by atoms with Crippen LogP contribution in [0.2, 0.25) is 0 Å². The van der Waals surface area contributed by atoms with Crippen LogP contribution in [-0.4, -0.2) is 34.5 Å². The third-order valence-electron chi connectivity index (χ3n) is 4.94. The van der Waals surface area contributed by atoms with Crippen LogP contribution in [-0.2, 0) is 0 Å². The van der Waals surface area contributed by atoms with E-state index in [0.717, 1.165) is 16.7 Å². The average molecular weight is 449 g/mol. The van der Waals surface area contributed by atoms with Crippen molar-refractivity contribution in [3.8, 4) is 23.0 Å². The van der Waals surface area contributed by atoms with E-state index >= 15 is 0 Å². The third kappa shape index (κ3) is 5.98. The van der Waals surface area contributed by atoms with Crippen molar-refractivity contribution in [2.45, 2.75) is 6.92 Å². The van der Waals surface area contributed by atoms with Crippen LogP contribution in [0.5, 0.6) is 23.0 Å². The Labute approximate surface area is 193 Å². The second-order valence-corrected chi connectivity index (χ2v) is 7.20. The van der Waals surface area contributed by atoms with E-state index < -0.39 is 0 Å². The second kappa shape index (κ2) is 10.9. The molecule has 0 bridgehead atoms. The highest BCUT2D eigenvalue weighted by molar-refractivity contribution is 6.01. The van der Waals surface area contributed by atoms with Crippen LogP contribution in [0.1, 0.15) is 16.7 Å². The van der Waals surface area contributed by atoms with Crippen molar-refractivity contribution in [3.63, 3.8) is 0 Å². The molecule has 0 unspecified atom stereocenters. The lowest BCUT2D eigenvalue weighted by Gasteiger charge is -2.13. The molecule has 0 atom stereocenters. The van der Waals surface area contributed by atoms with Gasteiger partial charge in [0.2, 0.25) is 5.75 Å². The Balaban J connectivity index is 1.81. The summed E-state index contributed by atoms with van der Waals surface area (Å²) >= 11 is 0. The molecule has 0 aromatic heterocycles. The third-order valence-corrected chi connectivity index (χ3v) is 4.94. The number of carbonyl (C=O) groups excluding carboxylic acids is 1. The summed E-state index contributed by atoms with van der Waals surface area (Å²) in [4.78, 5) is 12.5. The molecule has 0 saturated carbocycles. The van der Waals surface area contributed by atoms with Gasteiger partial charge in [0.15, 0.2) is 11.5 Å². The number of carbonyl (C=O) groups is 1. The predicted octanol–water partition coefficient (Wildman–Crippen LogP) is 5.84. The van der Waals surface area contributed by atoms with Gasteiger partial charge in [-0.05, 0) is 54.4 Å². The quantitative estimate of drug-likeness (QED) is 0.423. The van der Waals surface area contributed by atoms with Crippen LogP contribution >= 0.6 is 0 Å². The van der Waals surface area contributed by atoms with Crippen molar-refractivity contribution in [2.24, 2.45) is 0 Å². The van der Waals surface area contributed by atoms with Crippen molar-refractivity contribution in [2.75, 3.05) is 39.1 Å². The Hall–Kier alpha value is -4.13. The molecule has 0 radical (unpaired) electrons. The molecule has 3 aromatic rings. The maximum Gasteiger partial charge on any atom is 0.323 e. The van der Waals surface area contributed by atoms with Crippen molar-refractivity contribution >= 4 is 29.6 Å². The molecule has 0 heterocycles. The summed E-state index contributed by atoms with van der Waals surface area (Å²) in [6, 6.07) is 16.5. The molecule has 172 valence electrons. The second-order valence-electron chi connectivity index (χ2n) is 7.20. The fourth-order valence-corrected chi connectivity index (χ4v) is 3.24. The van der Waals surface area contributed by atoms with Crippen LogP contribution in [0.15, 0.2) is 54.6 Å². The molecule has 3 aromatic carbocycles. The monoisotopic (exact) mass is 448 g/mol. The molecule has 0 aliphatic heterocycles. The Morgan fingerprint density at radius 3 is 1.88 bits per heavy atom. The zero-order chi connectivity index (χ0) is 23.8. The van der Waals surface area contributed by atoms with Crippen LogP contribution in [0.4, 0.5) is 16.2 Å². The van der Waals surface area contributed by atoms with Crippen molar-refractivity contribution in [1.29, 1.82) is 0 Å². The number of methoxy groups -OCH3 is 4. The van der Waals surface area contributed by atoms with E-state index in [1.165, 1.54) is 0 Å². The molecule has 0 aliphatic carbocycles. The number of urea groups is 1. The number of hydrogen-bond donors (Lipinski definition) is 2. The summed E-state index contributed by atoms with van der Waals surface area (Å²) in [5.74, 6) is 2.23. The number of nitrogens with one attached hydrogen (secondary N) is 2. The maximum atomic E-state index is 12.5. The van der Waals surface area contributed by atoms with Crippen LogP contribution in [0.25, 0.3) is 12.2 Å². The molecule has 0 aliphatic rings. The molecule has 0 saturated heterocycles. The molecular weight excluding hydrogens is 420 g/mol. The number of hydrogen-bond acceptors (Lipinski definition) is 5. The highest BCUT2D eigenvalue weighted by Crippen LogP contribution is 2.38. The summed E-state index contributed by atoms with van der Waals surface area (Å²) in [5, 5.41) is 5.67. The van der Waals surface area contributed by atoms with Crippen LogP contribution in [0.3, 0.4) is 0 Å². The first kappa shape index (κ1) is 23.5. The number of anilines is 2. The standard InChI is InChI=1S/C26H28N2O5/c1-17-6-11-20(12-7-17)27-26(29)28-21-14-18(10-13-22(21)30-2)8-9-19-15-23(31-3)25(33-5)24(16-19)32-4/h6-16H,1-5H3,(H2,27,28,29)/b9-8-. The largest absolute Gasteiger partial charge is 0.495 e. The van der Waals surface area contributed by atoms with E-state index in [0.29, 0.717) is 34.4 Å². The average Bonchev–Trinajstić information content (AvgIpc) is 2.83. The minimum Gasteiger partial charge on any atom is -0.495 e. The first-order valence-corrected chi connectivity index (χ1v) is 10.3. The minimum absolute atomic E-state index is 0.358.